The molecule has 0 bridgehead atoms. The van der Waals surface area contributed by atoms with Crippen molar-refractivity contribution in [3.63, 3.8) is 0 Å². The van der Waals surface area contributed by atoms with Gasteiger partial charge in [-0.25, -0.2) is 9.59 Å². The molecule has 3 aromatic carbocycles. The van der Waals surface area contributed by atoms with Gasteiger partial charge in [0.1, 0.15) is 30.8 Å². The summed E-state index contributed by atoms with van der Waals surface area (Å²) in [5.41, 5.74) is 3.54. The van der Waals surface area contributed by atoms with Crippen LogP contribution in [0.15, 0.2) is 102 Å². The molecule has 0 spiro atoms. The van der Waals surface area contributed by atoms with Gasteiger partial charge in [0.05, 0.1) is 56.2 Å². The zero-order valence-electron chi connectivity index (χ0n) is 39.3. The third-order valence-corrected chi connectivity index (χ3v) is 12.6. The number of unbranched alkanes of at least 4 members (excludes halogenated alkanes) is 2. The van der Waals surface area contributed by atoms with Crippen LogP contribution in [0.4, 0.5) is 15.3 Å². The van der Waals surface area contributed by atoms with Crippen molar-refractivity contribution < 1.29 is 63.1 Å². The predicted octanol–water partition coefficient (Wildman–Crippen LogP) is 7.20. The van der Waals surface area contributed by atoms with Gasteiger partial charge >= 0.3 is 12.2 Å². The molecule has 3 aromatic rings. The number of carbonyl (C=O) groups excluding carboxylic acids is 2. The maximum atomic E-state index is 14.7. The number of aliphatic hydroxyl groups is 3. The molecular formula is C51H66N4O14. The highest BCUT2D eigenvalue weighted by atomic mass is 16.7. The summed E-state index contributed by atoms with van der Waals surface area (Å²) in [7, 11) is 0. The van der Waals surface area contributed by atoms with Crippen molar-refractivity contribution in [2.45, 2.75) is 82.8 Å². The first-order chi connectivity index (χ1) is 33.7. The lowest BCUT2D eigenvalue weighted by Gasteiger charge is -2.59. The topological polar surface area (TPSA) is 230 Å². The van der Waals surface area contributed by atoms with Crippen LogP contribution in [-0.2, 0) is 37.0 Å². The summed E-state index contributed by atoms with van der Waals surface area (Å²) in [4.78, 5) is 46.1. The second-order valence-corrected chi connectivity index (χ2v) is 17.1. The zero-order valence-corrected chi connectivity index (χ0v) is 39.3. The fourth-order valence-corrected chi connectivity index (χ4v) is 9.64. The molecular weight excluding hydrogens is 893 g/mol. The van der Waals surface area contributed by atoms with Crippen LogP contribution in [0.5, 0.6) is 11.5 Å². The molecule has 1 fully saturated rings. The van der Waals surface area contributed by atoms with Crippen LogP contribution in [0.25, 0.3) is 0 Å². The molecule has 0 saturated heterocycles. The summed E-state index contributed by atoms with van der Waals surface area (Å²) in [6, 6.07) is 19.8. The molecule has 0 aromatic heterocycles. The van der Waals surface area contributed by atoms with Crippen molar-refractivity contribution in [3.8, 4) is 11.5 Å². The molecule has 2 amide bonds. The smallest absolute Gasteiger partial charge is 0.412 e. The van der Waals surface area contributed by atoms with E-state index in [1.165, 1.54) is 17.0 Å². The van der Waals surface area contributed by atoms with Gasteiger partial charge in [0, 0.05) is 56.3 Å². The number of nitrogens with zero attached hydrogens (tertiary/aromatic N) is 3. The van der Waals surface area contributed by atoms with Gasteiger partial charge in [-0.1, -0.05) is 60.5 Å². The molecule has 374 valence electrons. The maximum absolute atomic E-state index is 14.7. The number of carbonyl (C=O) groups is 2. The van der Waals surface area contributed by atoms with Crippen LogP contribution >= 0.6 is 0 Å². The standard InChI is InChI=1S/C51H66N4O14/c1-3-26-66-51-46(54(22-27-63-28-25-58)50(60)65-30-29-64-34-36-12-6-5-7-13-36)33-44(53-67-35-37-16-18-39(19-17-37)55(61)62)42-31-38(14-8-10-23-56)41(15-9-11-24-57)47(48(42)51)43-32-40(20-21-45(43)69-51)68-49(59)52-4-2/h3,5-7,12-13,16-21,31-32,38,41,46-48,56-58H,1,4,8-11,14-15,22-30,33-35H2,2H3,(H,52,59)/t38-,41+,46-,47+,48+,51+/m0/s1. The quantitative estimate of drug-likeness (QED) is 0.0244. The maximum Gasteiger partial charge on any atom is 0.412 e. The number of ether oxygens (including phenoxy) is 6. The summed E-state index contributed by atoms with van der Waals surface area (Å²) >= 11 is 0. The Kier molecular flexibility index (Phi) is 20.3. The zero-order chi connectivity index (χ0) is 49.0. The first-order valence-electron chi connectivity index (χ1n) is 23.8. The van der Waals surface area contributed by atoms with E-state index in [0.717, 1.165) is 23.1 Å². The van der Waals surface area contributed by atoms with Gasteiger partial charge in [0.15, 0.2) is 0 Å². The van der Waals surface area contributed by atoms with E-state index in [0.29, 0.717) is 68.0 Å². The van der Waals surface area contributed by atoms with E-state index in [2.05, 4.69) is 18.0 Å². The van der Waals surface area contributed by atoms with Crippen LogP contribution in [0.3, 0.4) is 0 Å². The number of rotatable bonds is 28. The highest BCUT2D eigenvalue weighted by molar-refractivity contribution is 6.03. The number of allylic oxidation sites excluding steroid dienone is 1. The molecule has 0 radical (unpaired) electrons. The van der Waals surface area contributed by atoms with Crippen molar-refractivity contribution in [1.29, 1.82) is 0 Å². The van der Waals surface area contributed by atoms with Gasteiger partial charge < -0.3 is 53.9 Å². The minimum Gasteiger partial charge on any atom is -0.459 e. The molecule has 1 heterocycles. The van der Waals surface area contributed by atoms with Crippen LogP contribution in [-0.4, -0.2) is 121 Å². The first-order valence-corrected chi connectivity index (χ1v) is 23.8. The lowest BCUT2D eigenvalue weighted by Crippen LogP contribution is -2.70. The van der Waals surface area contributed by atoms with Crippen LogP contribution < -0.4 is 14.8 Å². The van der Waals surface area contributed by atoms with E-state index in [9.17, 15) is 35.0 Å². The van der Waals surface area contributed by atoms with Crippen molar-refractivity contribution in [2.75, 3.05) is 65.9 Å². The Morgan fingerprint density at radius 1 is 0.928 bits per heavy atom. The summed E-state index contributed by atoms with van der Waals surface area (Å²) < 4.78 is 37.6. The number of hydrogen-bond acceptors (Lipinski definition) is 15. The second-order valence-electron chi connectivity index (χ2n) is 17.1. The molecule has 2 aliphatic carbocycles. The largest absolute Gasteiger partial charge is 0.459 e. The van der Waals surface area contributed by atoms with Gasteiger partial charge in [-0.05, 0) is 91.5 Å². The predicted molar refractivity (Wildman–Crippen MR) is 255 cm³/mol. The molecule has 69 heavy (non-hydrogen) atoms. The Balaban J connectivity index is 1.50. The number of amides is 2. The minimum atomic E-state index is -1.64. The van der Waals surface area contributed by atoms with Crippen LogP contribution in [0.1, 0.15) is 74.5 Å². The van der Waals surface area contributed by atoms with Crippen molar-refractivity contribution in [2.24, 2.45) is 22.9 Å². The molecule has 3 aliphatic rings. The third kappa shape index (κ3) is 13.7. The molecule has 0 unspecified atom stereocenters. The highest BCUT2D eigenvalue weighted by Crippen LogP contribution is 2.62. The first kappa shape index (κ1) is 52.5. The second kappa shape index (κ2) is 26.8. The molecule has 1 aliphatic heterocycles. The van der Waals surface area contributed by atoms with Gasteiger partial charge in [-0.2, -0.15) is 0 Å². The molecule has 18 heteroatoms. The van der Waals surface area contributed by atoms with Crippen molar-refractivity contribution >= 4 is 23.6 Å². The van der Waals surface area contributed by atoms with Gasteiger partial charge in [-0.15, -0.1) is 6.58 Å². The van der Waals surface area contributed by atoms with E-state index >= 15 is 0 Å². The van der Waals surface area contributed by atoms with Crippen LogP contribution in [0, 0.1) is 27.9 Å². The van der Waals surface area contributed by atoms with E-state index in [1.54, 1.807) is 37.3 Å². The fourth-order valence-electron chi connectivity index (χ4n) is 9.64. The average Bonchev–Trinajstić information content (AvgIpc) is 3.35. The molecule has 6 atom stereocenters. The third-order valence-electron chi connectivity index (χ3n) is 12.6. The Morgan fingerprint density at radius 3 is 2.39 bits per heavy atom. The SMILES string of the molecule is C=CCO[C@@]12Oc3ccc(OC(=O)NCC)cc3[C@H]3[C@H](CCCCO)[C@@H](CCCCO)C=C(C(=NOCc4ccc([N+](=O)[O-])cc4)C[C@@H]1N(CCOCCO)C(=O)OCCOCc1ccccc1)[C@H]32. The number of nitro benzene ring substituents is 1. The Bertz CT molecular complexity index is 2190. The number of nitro groups is 1. The Labute approximate surface area is 403 Å². The Morgan fingerprint density at radius 2 is 1.68 bits per heavy atom. The van der Waals surface area contributed by atoms with Crippen molar-refractivity contribution in [3.05, 3.63) is 124 Å². The highest BCUT2D eigenvalue weighted by Gasteiger charge is 2.65. The van der Waals surface area contributed by atoms with Crippen LogP contribution in [0.2, 0.25) is 0 Å². The summed E-state index contributed by atoms with van der Waals surface area (Å²) in [6.07, 6.45) is 6.44. The molecule has 1 saturated carbocycles. The van der Waals surface area contributed by atoms with Crippen molar-refractivity contribution in [1.82, 2.24) is 10.2 Å². The number of aliphatic hydroxyl groups excluding tert-OH is 3. The minimum absolute atomic E-state index is 0.00535. The summed E-state index contributed by atoms with van der Waals surface area (Å²) in [5.74, 6) is -2.21. The number of oxime groups is 1. The number of fused-ring (bicyclic) bond motifs is 2. The molecule has 6 rings (SSSR count). The van der Waals surface area contributed by atoms with E-state index in [1.807, 2.05) is 36.4 Å². The number of nitrogens with one attached hydrogen (secondary N) is 1. The van der Waals surface area contributed by atoms with E-state index in [-0.39, 0.29) is 90.0 Å². The van der Waals surface area contributed by atoms with E-state index in [4.69, 9.17) is 38.4 Å². The van der Waals surface area contributed by atoms with Gasteiger partial charge in [0.2, 0.25) is 5.79 Å². The number of benzene rings is 3. The molecule has 4 N–H and O–H groups in total. The summed E-state index contributed by atoms with van der Waals surface area (Å²) in [5, 5.41) is 48.4. The summed E-state index contributed by atoms with van der Waals surface area (Å²) in [6.45, 7) is 6.29. The van der Waals surface area contributed by atoms with E-state index < -0.39 is 40.8 Å². The lowest BCUT2D eigenvalue weighted by molar-refractivity contribution is -0.384. The Hall–Kier alpha value is -5.89. The van der Waals surface area contributed by atoms with Gasteiger partial charge in [0.25, 0.3) is 5.69 Å². The molecule has 18 nitrogen and oxygen atoms in total. The monoisotopic (exact) mass is 958 g/mol. The average molecular weight is 959 g/mol. The number of non-ortho nitro benzene ring substituents is 1. The normalized spacial score (nSPS) is 21.8. The fraction of sp³-hybridized carbons (Fsp3) is 0.510. The lowest BCUT2D eigenvalue weighted by atomic mass is 9.55. The van der Waals surface area contributed by atoms with Gasteiger partial charge in [-0.3, -0.25) is 15.0 Å². The number of hydrogen-bond donors (Lipinski definition) is 4.